The number of ether oxygens (including phenoxy) is 1. The second kappa shape index (κ2) is 6.51. The van der Waals surface area contributed by atoms with Crippen molar-refractivity contribution in [2.75, 3.05) is 0 Å². The van der Waals surface area contributed by atoms with E-state index in [1.807, 2.05) is 18.2 Å². The Morgan fingerprint density at radius 2 is 1.46 bits per heavy atom. The molecule has 0 saturated carbocycles. The van der Waals surface area contributed by atoms with Crippen molar-refractivity contribution < 1.29 is 22.3 Å². The number of aryl methyl sites for hydroxylation is 1. The van der Waals surface area contributed by atoms with Crippen molar-refractivity contribution in [3.8, 4) is 16.9 Å². The van der Waals surface area contributed by atoms with Crippen molar-refractivity contribution in [1.82, 2.24) is 0 Å². The summed E-state index contributed by atoms with van der Waals surface area (Å²) in [6.45, 7) is -1.22. The molecule has 0 aliphatic heterocycles. The lowest BCUT2D eigenvalue weighted by Gasteiger charge is -2.10. The first-order chi connectivity index (χ1) is 11.5. The average molecular weight is 334 g/mol. The summed E-state index contributed by atoms with van der Waals surface area (Å²) < 4.78 is 56.0. The van der Waals surface area contributed by atoms with Crippen molar-refractivity contribution in [3.63, 3.8) is 0 Å². The van der Waals surface area contributed by atoms with Gasteiger partial charge in [0.15, 0.2) is 17.4 Å². The van der Waals surface area contributed by atoms with E-state index in [9.17, 15) is 17.6 Å². The predicted molar refractivity (Wildman–Crippen MR) is 85.3 cm³/mol. The zero-order valence-electron chi connectivity index (χ0n) is 12.8. The first-order valence-corrected chi connectivity index (χ1v) is 7.45. The maximum Gasteiger partial charge on any atom is 0.387 e. The first kappa shape index (κ1) is 16.3. The van der Waals surface area contributed by atoms with E-state index in [1.54, 1.807) is 12.1 Å². The lowest BCUT2D eigenvalue weighted by Crippen LogP contribution is -2.06. The first-order valence-electron chi connectivity index (χ1n) is 7.45. The van der Waals surface area contributed by atoms with Crippen molar-refractivity contribution in [3.05, 3.63) is 65.7 Å². The van der Waals surface area contributed by atoms with E-state index in [1.165, 1.54) is 5.56 Å². The van der Waals surface area contributed by atoms with Crippen LogP contribution in [0.1, 0.15) is 12.5 Å². The van der Waals surface area contributed by atoms with Crippen LogP contribution in [-0.4, -0.2) is 6.61 Å². The van der Waals surface area contributed by atoms with Gasteiger partial charge in [0, 0.05) is 0 Å². The fourth-order valence-corrected chi connectivity index (χ4v) is 2.62. The molecule has 0 aliphatic rings. The van der Waals surface area contributed by atoms with Crippen LogP contribution in [0.25, 0.3) is 21.9 Å². The van der Waals surface area contributed by atoms with Gasteiger partial charge in [0.1, 0.15) is 0 Å². The predicted octanol–water partition coefficient (Wildman–Crippen LogP) is 5.95. The standard InChI is InChI=1S/C19H14F4O/c1-2-11-3-4-13-8-14(6-5-12(13)7-11)15-9-16(20)18(17(21)10-15)24-19(22)23/h3-10,19H,2H2,1H3. The third-order valence-corrected chi connectivity index (χ3v) is 3.85. The maximum atomic E-state index is 13.9. The number of hydrogen-bond donors (Lipinski definition) is 0. The molecule has 0 bridgehead atoms. The highest BCUT2D eigenvalue weighted by Gasteiger charge is 2.17. The molecule has 5 heteroatoms. The van der Waals surface area contributed by atoms with Crippen molar-refractivity contribution >= 4 is 10.8 Å². The molecule has 0 spiro atoms. The third kappa shape index (κ3) is 3.20. The molecule has 3 rings (SSSR count). The Labute approximate surface area is 136 Å². The number of fused-ring (bicyclic) bond motifs is 1. The molecule has 0 radical (unpaired) electrons. The highest BCUT2D eigenvalue weighted by atomic mass is 19.3. The van der Waals surface area contributed by atoms with Crippen LogP contribution in [0, 0.1) is 11.6 Å². The Kier molecular flexibility index (Phi) is 4.42. The van der Waals surface area contributed by atoms with Gasteiger partial charge in [-0.1, -0.05) is 37.3 Å². The SMILES string of the molecule is CCc1ccc2cc(-c3cc(F)c(OC(F)F)c(F)c3)ccc2c1. The van der Waals surface area contributed by atoms with Gasteiger partial charge in [-0.2, -0.15) is 8.78 Å². The molecule has 0 amide bonds. The molecule has 0 heterocycles. The molecule has 0 atom stereocenters. The van der Waals surface area contributed by atoms with Gasteiger partial charge in [0.05, 0.1) is 0 Å². The van der Waals surface area contributed by atoms with Crippen molar-refractivity contribution in [1.29, 1.82) is 0 Å². The summed E-state index contributed by atoms with van der Waals surface area (Å²) in [4.78, 5) is 0. The largest absolute Gasteiger partial charge is 0.429 e. The molecule has 1 nitrogen and oxygen atoms in total. The lowest BCUT2D eigenvalue weighted by molar-refractivity contribution is -0.0546. The summed E-state index contributed by atoms with van der Waals surface area (Å²) in [7, 11) is 0. The number of rotatable bonds is 4. The molecule has 0 fully saturated rings. The van der Waals surface area contributed by atoms with Gasteiger partial charge in [0.2, 0.25) is 0 Å². The Morgan fingerprint density at radius 3 is 2.08 bits per heavy atom. The topological polar surface area (TPSA) is 9.23 Å². The monoisotopic (exact) mass is 334 g/mol. The minimum Gasteiger partial charge on any atom is -0.429 e. The summed E-state index contributed by atoms with van der Waals surface area (Å²) in [5.41, 5.74) is 2.04. The van der Waals surface area contributed by atoms with Crippen LogP contribution in [0.2, 0.25) is 0 Å². The summed E-state index contributed by atoms with van der Waals surface area (Å²) in [6, 6.07) is 13.4. The highest BCUT2D eigenvalue weighted by molar-refractivity contribution is 5.88. The summed E-state index contributed by atoms with van der Waals surface area (Å²) in [5.74, 6) is -3.39. The number of benzene rings is 3. The van der Waals surface area contributed by atoms with Crippen LogP contribution < -0.4 is 4.74 Å². The molecular weight excluding hydrogens is 320 g/mol. The normalized spacial score (nSPS) is 11.2. The third-order valence-electron chi connectivity index (χ3n) is 3.85. The molecule has 24 heavy (non-hydrogen) atoms. The smallest absolute Gasteiger partial charge is 0.387 e. The molecular formula is C19H14F4O. The molecule has 0 N–H and O–H groups in total. The molecule has 0 unspecified atom stereocenters. The van der Waals surface area contributed by atoms with Gasteiger partial charge in [-0.05, 0) is 52.1 Å². The van der Waals surface area contributed by atoms with E-state index in [-0.39, 0.29) is 5.56 Å². The van der Waals surface area contributed by atoms with E-state index in [2.05, 4.69) is 17.7 Å². The molecule has 3 aromatic carbocycles. The van der Waals surface area contributed by atoms with Gasteiger partial charge in [0.25, 0.3) is 0 Å². The maximum absolute atomic E-state index is 13.9. The Bertz CT molecular complexity index is 867. The van der Waals surface area contributed by atoms with Crippen LogP contribution in [0.3, 0.4) is 0 Å². The van der Waals surface area contributed by atoms with Crippen LogP contribution in [0.4, 0.5) is 17.6 Å². The van der Waals surface area contributed by atoms with Crippen LogP contribution in [-0.2, 0) is 6.42 Å². The number of alkyl halides is 2. The molecule has 0 saturated heterocycles. The van der Waals surface area contributed by atoms with E-state index >= 15 is 0 Å². The highest BCUT2D eigenvalue weighted by Crippen LogP contribution is 2.31. The lowest BCUT2D eigenvalue weighted by atomic mass is 9.99. The number of halogens is 4. The summed E-state index contributed by atoms with van der Waals surface area (Å²) in [5, 5.41) is 1.95. The summed E-state index contributed by atoms with van der Waals surface area (Å²) in [6.07, 6.45) is 0.916. The van der Waals surface area contributed by atoms with Crippen molar-refractivity contribution in [2.45, 2.75) is 20.0 Å². The quantitative estimate of drug-likeness (QED) is 0.536. The van der Waals surface area contributed by atoms with Crippen LogP contribution in [0.5, 0.6) is 5.75 Å². The van der Waals surface area contributed by atoms with Gasteiger partial charge in [-0.25, -0.2) is 8.78 Å². The Morgan fingerprint density at radius 1 is 0.833 bits per heavy atom. The second-order valence-electron chi connectivity index (χ2n) is 5.40. The van der Waals surface area contributed by atoms with Gasteiger partial charge < -0.3 is 4.74 Å². The van der Waals surface area contributed by atoms with Gasteiger partial charge in [-0.3, -0.25) is 0 Å². The van der Waals surface area contributed by atoms with Crippen LogP contribution in [0.15, 0.2) is 48.5 Å². The zero-order valence-corrected chi connectivity index (χ0v) is 12.8. The number of hydrogen-bond acceptors (Lipinski definition) is 1. The molecule has 0 aromatic heterocycles. The van der Waals surface area contributed by atoms with E-state index in [4.69, 9.17) is 0 Å². The van der Waals surface area contributed by atoms with Gasteiger partial charge >= 0.3 is 6.61 Å². The Balaban J connectivity index is 2.04. The minimum absolute atomic E-state index is 0.257. The van der Waals surface area contributed by atoms with Crippen molar-refractivity contribution in [2.24, 2.45) is 0 Å². The van der Waals surface area contributed by atoms with E-state index < -0.39 is 24.0 Å². The fraction of sp³-hybridized carbons (Fsp3) is 0.158. The van der Waals surface area contributed by atoms with E-state index in [0.29, 0.717) is 5.56 Å². The Hall–Kier alpha value is -2.56. The van der Waals surface area contributed by atoms with Gasteiger partial charge in [-0.15, -0.1) is 0 Å². The minimum atomic E-state index is -3.28. The van der Waals surface area contributed by atoms with Crippen LogP contribution >= 0.6 is 0 Å². The average Bonchev–Trinajstić information content (AvgIpc) is 2.56. The second-order valence-corrected chi connectivity index (χ2v) is 5.40. The fourth-order valence-electron chi connectivity index (χ4n) is 2.62. The van der Waals surface area contributed by atoms with E-state index in [0.717, 1.165) is 29.3 Å². The molecule has 0 aliphatic carbocycles. The molecule has 124 valence electrons. The zero-order chi connectivity index (χ0) is 17.3. The summed E-state index contributed by atoms with van der Waals surface area (Å²) >= 11 is 0. The molecule has 3 aromatic rings.